The molecule has 0 radical (unpaired) electrons. The molecule has 9 heteroatoms. The first-order valence-corrected chi connectivity index (χ1v) is 12.2. The number of rotatable bonds is 9. The smallest absolute Gasteiger partial charge is 0.312 e. The highest BCUT2D eigenvalue weighted by molar-refractivity contribution is 7.49. The fraction of sp³-hybridized carbons (Fsp3) is 0.364. The molecule has 2 aromatic carbocycles. The average molecular weight is 464 g/mol. The molecule has 0 aliphatic heterocycles. The van der Waals surface area contributed by atoms with E-state index in [-0.39, 0.29) is 24.7 Å². The van der Waals surface area contributed by atoms with E-state index in [4.69, 9.17) is 11.6 Å². The molecule has 0 saturated heterocycles. The lowest BCUT2D eigenvalue weighted by atomic mass is 10.0. The Balaban J connectivity index is 1.95. The molecule has 1 aromatic heterocycles. The van der Waals surface area contributed by atoms with Gasteiger partial charge in [-0.1, -0.05) is 48.9 Å². The van der Waals surface area contributed by atoms with E-state index in [0.717, 1.165) is 21.3 Å². The Bertz CT molecular complexity index is 1160. The third kappa shape index (κ3) is 5.82. The van der Waals surface area contributed by atoms with Crippen LogP contribution in [-0.4, -0.2) is 37.3 Å². The van der Waals surface area contributed by atoms with E-state index in [2.05, 4.69) is 5.10 Å². The second-order valence-electron chi connectivity index (χ2n) is 7.65. The van der Waals surface area contributed by atoms with Gasteiger partial charge in [0.05, 0.1) is 17.1 Å². The van der Waals surface area contributed by atoms with E-state index < -0.39 is 7.75 Å². The Morgan fingerprint density at radius 1 is 1.13 bits per heavy atom. The van der Waals surface area contributed by atoms with Crippen LogP contribution in [0.5, 0.6) is 0 Å². The fourth-order valence-electron chi connectivity index (χ4n) is 3.63. The van der Waals surface area contributed by atoms with E-state index in [0.29, 0.717) is 29.7 Å². The van der Waals surface area contributed by atoms with Gasteiger partial charge in [0.2, 0.25) is 0 Å². The number of aromatic nitrogens is 2. The molecule has 0 fully saturated rings. The number of hydrogen-bond donors (Lipinski definition) is 2. The van der Waals surface area contributed by atoms with Crippen LogP contribution in [-0.2, 0) is 11.0 Å². The predicted octanol–water partition coefficient (Wildman–Crippen LogP) is 4.40. The highest BCUT2D eigenvalue weighted by atomic mass is 35.5. The zero-order chi connectivity index (χ0) is 22.6. The van der Waals surface area contributed by atoms with Crippen molar-refractivity contribution in [2.24, 2.45) is 0 Å². The van der Waals surface area contributed by atoms with Gasteiger partial charge in [0, 0.05) is 29.9 Å². The minimum absolute atomic E-state index is 0.170. The molecule has 0 saturated carbocycles. The molecule has 1 heterocycles. The van der Waals surface area contributed by atoms with Gasteiger partial charge in [0.25, 0.3) is 5.56 Å². The Morgan fingerprint density at radius 3 is 2.48 bits per heavy atom. The average Bonchev–Trinajstić information content (AvgIpc) is 2.72. The maximum atomic E-state index is 13.1. The maximum absolute atomic E-state index is 13.1. The molecule has 7 nitrogen and oxygen atoms in total. The van der Waals surface area contributed by atoms with Gasteiger partial charge in [-0.2, -0.15) is 5.10 Å². The van der Waals surface area contributed by atoms with Gasteiger partial charge in [-0.15, -0.1) is 0 Å². The van der Waals surface area contributed by atoms with Crippen LogP contribution < -0.4 is 5.56 Å². The summed E-state index contributed by atoms with van der Waals surface area (Å²) in [7, 11) is -4.34. The summed E-state index contributed by atoms with van der Waals surface area (Å²) in [6.45, 7) is 4.17. The number of benzene rings is 2. The quantitative estimate of drug-likeness (QED) is 0.457. The summed E-state index contributed by atoms with van der Waals surface area (Å²) in [5.41, 5.74) is 1.53. The summed E-state index contributed by atoms with van der Waals surface area (Å²) in [5.74, 6) is 0. The third-order valence-corrected chi connectivity index (χ3v) is 6.61. The molecule has 0 aliphatic carbocycles. The molecule has 0 amide bonds. The molecule has 3 rings (SSSR count). The lowest BCUT2D eigenvalue weighted by molar-refractivity contribution is 0.256. The van der Waals surface area contributed by atoms with Crippen molar-refractivity contribution in [2.45, 2.75) is 39.2 Å². The van der Waals surface area contributed by atoms with Crippen molar-refractivity contribution in [3.63, 3.8) is 0 Å². The first-order valence-electron chi connectivity index (χ1n) is 10.3. The number of nitrogens with zero attached hydrogens (tertiary/aromatic N) is 3. The second-order valence-corrected chi connectivity index (χ2v) is 9.68. The van der Waals surface area contributed by atoms with Crippen molar-refractivity contribution < 1.29 is 14.4 Å². The Morgan fingerprint density at radius 2 is 1.84 bits per heavy atom. The summed E-state index contributed by atoms with van der Waals surface area (Å²) >= 11 is 6.13. The van der Waals surface area contributed by atoms with Crippen LogP contribution in [0.25, 0.3) is 10.8 Å². The SMILES string of the molecule is CCCN(CCC(C)n1nc(Cc2cccc(Cl)c2)c2ccccc2c1=O)P(=O)(O)O. The maximum Gasteiger partial charge on any atom is 0.402 e. The number of fused-ring (bicyclic) bond motifs is 1. The van der Waals surface area contributed by atoms with Crippen LogP contribution in [0.2, 0.25) is 5.02 Å². The normalized spacial score (nSPS) is 13.1. The largest absolute Gasteiger partial charge is 0.402 e. The molecule has 1 atom stereocenters. The molecular weight excluding hydrogens is 437 g/mol. The van der Waals surface area contributed by atoms with Crippen LogP contribution >= 0.6 is 19.3 Å². The number of halogens is 1. The number of hydrogen-bond acceptors (Lipinski definition) is 3. The fourth-order valence-corrected chi connectivity index (χ4v) is 4.68. The van der Waals surface area contributed by atoms with Gasteiger partial charge in [-0.05, 0) is 43.5 Å². The van der Waals surface area contributed by atoms with Gasteiger partial charge in [-0.25, -0.2) is 13.9 Å². The molecule has 0 spiro atoms. The zero-order valence-electron chi connectivity index (χ0n) is 17.6. The van der Waals surface area contributed by atoms with Crippen LogP contribution in [0.15, 0.2) is 53.3 Å². The Hall–Kier alpha value is -2.02. The first kappa shape index (κ1) is 23.6. The monoisotopic (exact) mass is 463 g/mol. The van der Waals surface area contributed by atoms with Gasteiger partial charge in [0.1, 0.15) is 0 Å². The van der Waals surface area contributed by atoms with E-state index in [1.165, 1.54) is 4.68 Å². The van der Waals surface area contributed by atoms with Crippen LogP contribution in [0.4, 0.5) is 0 Å². The van der Waals surface area contributed by atoms with Crippen molar-refractivity contribution in [3.05, 3.63) is 75.2 Å². The molecule has 166 valence electrons. The van der Waals surface area contributed by atoms with E-state index in [9.17, 15) is 19.1 Å². The summed E-state index contributed by atoms with van der Waals surface area (Å²) in [4.78, 5) is 32.2. The molecule has 3 aromatic rings. The lowest BCUT2D eigenvalue weighted by Crippen LogP contribution is -2.30. The van der Waals surface area contributed by atoms with E-state index in [1.54, 1.807) is 6.07 Å². The first-order chi connectivity index (χ1) is 14.7. The topological polar surface area (TPSA) is 95.7 Å². The molecule has 0 aliphatic rings. The molecule has 31 heavy (non-hydrogen) atoms. The Labute approximate surface area is 186 Å². The van der Waals surface area contributed by atoms with Gasteiger partial charge >= 0.3 is 7.75 Å². The highest BCUT2D eigenvalue weighted by Crippen LogP contribution is 2.40. The molecule has 2 N–H and O–H groups in total. The van der Waals surface area contributed by atoms with Crippen LogP contribution in [0.1, 0.15) is 44.0 Å². The van der Waals surface area contributed by atoms with Gasteiger partial charge < -0.3 is 9.79 Å². The van der Waals surface area contributed by atoms with Crippen LogP contribution in [0, 0.1) is 0 Å². The minimum Gasteiger partial charge on any atom is -0.312 e. The summed E-state index contributed by atoms with van der Waals surface area (Å²) in [5, 5.41) is 6.66. The van der Waals surface area contributed by atoms with E-state index >= 15 is 0 Å². The van der Waals surface area contributed by atoms with Crippen molar-refractivity contribution >= 4 is 30.1 Å². The second kappa shape index (κ2) is 10.1. The van der Waals surface area contributed by atoms with Crippen molar-refractivity contribution in [2.75, 3.05) is 13.1 Å². The van der Waals surface area contributed by atoms with Crippen molar-refractivity contribution in [1.29, 1.82) is 0 Å². The van der Waals surface area contributed by atoms with Crippen molar-refractivity contribution in [3.8, 4) is 0 Å². The lowest BCUT2D eigenvalue weighted by Gasteiger charge is -2.24. The Kier molecular flexibility index (Phi) is 7.68. The highest BCUT2D eigenvalue weighted by Gasteiger charge is 2.25. The standard InChI is InChI=1S/C22H27ClN3O4P/c1-3-12-25(31(28,29)30)13-11-16(2)26-22(27)20-10-5-4-9-19(20)21(24-26)15-17-7-6-8-18(23)14-17/h4-10,14,16H,3,11-13,15H2,1-2H3,(H2,28,29,30). The zero-order valence-corrected chi connectivity index (χ0v) is 19.3. The summed E-state index contributed by atoms with van der Waals surface area (Å²) in [6, 6.07) is 14.6. The van der Waals surface area contributed by atoms with Crippen molar-refractivity contribution in [1.82, 2.24) is 14.5 Å². The van der Waals surface area contributed by atoms with Crippen LogP contribution in [0.3, 0.4) is 0 Å². The summed E-state index contributed by atoms with van der Waals surface area (Å²) in [6.07, 6.45) is 1.52. The summed E-state index contributed by atoms with van der Waals surface area (Å²) < 4.78 is 14.3. The minimum atomic E-state index is -4.34. The third-order valence-electron chi connectivity index (χ3n) is 5.24. The predicted molar refractivity (Wildman–Crippen MR) is 123 cm³/mol. The molecule has 1 unspecified atom stereocenters. The van der Waals surface area contributed by atoms with Gasteiger partial charge in [0.15, 0.2) is 0 Å². The van der Waals surface area contributed by atoms with E-state index in [1.807, 2.05) is 56.3 Å². The molecular formula is C22H27ClN3O4P. The molecule has 0 bridgehead atoms. The van der Waals surface area contributed by atoms with Gasteiger partial charge in [-0.3, -0.25) is 4.79 Å².